The topological polar surface area (TPSA) is 67.4 Å². The van der Waals surface area contributed by atoms with E-state index in [-0.39, 0.29) is 17.6 Å². The number of unbranched alkanes of at least 4 members (excludes halogenated alkanes) is 1. The maximum absolute atomic E-state index is 12.2. The number of methoxy groups -OCH3 is 1. The van der Waals surface area contributed by atoms with Crippen molar-refractivity contribution in [1.82, 2.24) is 0 Å². The van der Waals surface area contributed by atoms with Gasteiger partial charge in [0.1, 0.15) is 5.75 Å². The van der Waals surface area contributed by atoms with Crippen LogP contribution >= 0.6 is 11.8 Å². The highest BCUT2D eigenvalue weighted by molar-refractivity contribution is 8.00. The fourth-order valence-electron chi connectivity index (χ4n) is 2.31. The van der Waals surface area contributed by atoms with E-state index in [0.29, 0.717) is 17.9 Å². The second-order valence-corrected chi connectivity index (χ2v) is 6.77. The van der Waals surface area contributed by atoms with E-state index in [2.05, 4.69) is 17.6 Å². The summed E-state index contributed by atoms with van der Waals surface area (Å²) in [6.45, 7) is 2.06. The van der Waals surface area contributed by atoms with Crippen LogP contribution in [0.4, 0.5) is 11.4 Å². The lowest BCUT2D eigenvalue weighted by atomic mass is 10.2. The number of amides is 2. The molecule has 0 unspecified atom stereocenters. The van der Waals surface area contributed by atoms with Crippen LogP contribution in [0, 0.1) is 0 Å². The van der Waals surface area contributed by atoms with Gasteiger partial charge in [-0.25, -0.2) is 0 Å². The number of ether oxygens (including phenoxy) is 1. The van der Waals surface area contributed by atoms with E-state index in [4.69, 9.17) is 4.74 Å². The molecule has 0 saturated carbocycles. The van der Waals surface area contributed by atoms with Crippen LogP contribution in [0.1, 0.15) is 26.2 Å². The molecule has 138 valence electrons. The highest BCUT2D eigenvalue weighted by Crippen LogP contribution is 2.25. The normalized spacial score (nSPS) is 10.2. The Balaban J connectivity index is 1.88. The van der Waals surface area contributed by atoms with Gasteiger partial charge < -0.3 is 15.4 Å². The summed E-state index contributed by atoms with van der Waals surface area (Å²) in [6.07, 6.45) is 2.39. The SMILES string of the molecule is CCCCC(=O)Nc1cccc(SCC(=O)Nc2ccccc2OC)c1. The Hall–Kier alpha value is -2.47. The van der Waals surface area contributed by atoms with Crippen LogP contribution in [-0.2, 0) is 9.59 Å². The molecule has 0 aliphatic rings. The van der Waals surface area contributed by atoms with E-state index in [1.165, 1.54) is 11.8 Å². The van der Waals surface area contributed by atoms with E-state index in [0.717, 1.165) is 23.4 Å². The van der Waals surface area contributed by atoms with Crippen LogP contribution < -0.4 is 15.4 Å². The van der Waals surface area contributed by atoms with E-state index in [1.54, 1.807) is 19.2 Å². The molecule has 0 aromatic heterocycles. The lowest BCUT2D eigenvalue weighted by Crippen LogP contribution is -2.14. The maximum atomic E-state index is 12.2. The molecule has 0 aliphatic carbocycles. The molecule has 6 heteroatoms. The van der Waals surface area contributed by atoms with Crippen molar-refractivity contribution in [2.24, 2.45) is 0 Å². The van der Waals surface area contributed by atoms with Crippen molar-refractivity contribution in [3.63, 3.8) is 0 Å². The number of carbonyl (C=O) groups excluding carboxylic acids is 2. The Morgan fingerprint density at radius 1 is 1.04 bits per heavy atom. The summed E-state index contributed by atoms with van der Waals surface area (Å²) in [5, 5.41) is 5.74. The quantitative estimate of drug-likeness (QED) is 0.634. The molecular weight excluding hydrogens is 348 g/mol. The van der Waals surface area contributed by atoms with Gasteiger partial charge >= 0.3 is 0 Å². The third kappa shape index (κ3) is 6.44. The zero-order valence-corrected chi connectivity index (χ0v) is 15.9. The summed E-state index contributed by atoms with van der Waals surface area (Å²) in [6, 6.07) is 14.8. The molecular formula is C20H24N2O3S. The molecule has 0 bridgehead atoms. The number of para-hydroxylation sites is 2. The van der Waals surface area contributed by atoms with Gasteiger partial charge in [-0.2, -0.15) is 0 Å². The van der Waals surface area contributed by atoms with Gasteiger partial charge in [0.25, 0.3) is 0 Å². The Morgan fingerprint density at radius 2 is 1.85 bits per heavy atom. The van der Waals surface area contributed by atoms with Gasteiger partial charge in [0.15, 0.2) is 0 Å². The Kier molecular flexibility index (Phi) is 8.02. The first kappa shape index (κ1) is 19.8. The molecule has 0 radical (unpaired) electrons. The fraction of sp³-hybridized carbons (Fsp3) is 0.300. The summed E-state index contributed by atoms with van der Waals surface area (Å²) in [4.78, 5) is 24.9. The monoisotopic (exact) mass is 372 g/mol. The summed E-state index contributed by atoms with van der Waals surface area (Å²) >= 11 is 1.42. The average Bonchev–Trinajstić information content (AvgIpc) is 2.65. The minimum absolute atomic E-state index is 0.0166. The first-order valence-corrected chi connectivity index (χ1v) is 9.56. The Morgan fingerprint density at radius 3 is 2.62 bits per heavy atom. The first-order valence-electron chi connectivity index (χ1n) is 8.58. The van der Waals surface area contributed by atoms with Crippen LogP contribution in [0.15, 0.2) is 53.4 Å². The van der Waals surface area contributed by atoms with Crippen LogP contribution in [0.2, 0.25) is 0 Å². The van der Waals surface area contributed by atoms with Crippen LogP contribution in [0.5, 0.6) is 5.75 Å². The third-order valence-corrected chi connectivity index (χ3v) is 4.62. The molecule has 0 aliphatic heterocycles. The predicted octanol–water partition coefficient (Wildman–Crippen LogP) is 4.55. The van der Waals surface area contributed by atoms with Gasteiger partial charge in [0.2, 0.25) is 11.8 Å². The van der Waals surface area contributed by atoms with Gasteiger partial charge in [0, 0.05) is 17.0 Å². The van der Waals surface area contributed by atoms with Crippen molar-refractivity contribution in [2.45, 2.75) is 31.1 Å². The molecule has 0 heterocycles. The largest absolute Gasteiger partial charge is 0.495 e. The molecule has 0 atom stereocenters. The van der Waals surface area contributed by atoms with Gasteiger partial charge in [-0.3, -0.25) is 9.59 Å². The smallest absolute Gasteiger partial charge is 0.234 e. The van der Waals surface area contributed by atoms with Crippen molar-refractivity contribution in [3.05, 3.63) is 48.5 Å². The van der Waals surface area contributed by atoms with Crippen LogP contribution in [-0.4, -0.2) is 24.7 Å². The number of rotatable bonds is 9. The molecule has 2 aromatic rings. The van der Waals surface area contributed by atoms with Crippen molar-refractivity contribution >= 4 is 35.0 Å². The first-order chi connectivity index (χ1) is 12.6. The number of anilines is 2. The number of nitrogens with one attached hydrogen (secondary N) is 2. The summed E-state index contributed by atoms with van der Waals surface area (Å²) in [5.74, 6) is 0.799. The lowest BCUT2D eigenvalue weighted by molar-refractivity contribution is -0.116. The molecule has 2 rings (SSSR count). The Bertz CT molecular complexity index is 749. The second kappa shape index (κ2) is 10.5. The minimum atomic E-state index is -0.114. The van der Waals surface area contributed by atoms with Gasteiger partial charge in [-0.1, -0.05) is 31.5 Å². The van der Waals surface area contributed by atoms with E-state index in [9.17, 15) is 9.59 Å². The number of hydrogen-bond donors (Lipinski definition) is 2. The zero-order chi connectivity index (χ0) is 18.8. The molecule has 2 amide bonds. The standard InChI is InChI=1S/C20H24N2O3S/c1-3-4-12-19(23)21-15-8-7-9-16(13-15)26-14-20(24)22-17-10-5-6-11-18(17)25-2/h5-11,13H,3-4,12,14H2,1-2H3,(H,21,23)(H,22,24). The van der Waals surface area contributed by atoms with Gasteiger partial charge in [-0.05, 0) is 36.8 Å². The van der Waals surface area contributed by atoms with Crippen molar-refractivity contribution in [1.29, 1.82) is 0 Å². The summed E-state index contributed by atoms with van der Waals surface area (Å²) in [7, 11) is 1.57. The van der Waals surface area contributed by atoms with E-state index >= 15 is 0 Å². The van der Waals surface area contributed by atoms with E-state index < -0.39 is 0 Å². The number of benzene rings is 2. The highest BCUT2D eigenvalue weighted by atomic mass is 32.2. The lowest BCUT2D eigenvalue weighted by Gasteiger charge is -2.10. The van der Waals surface area contributed by atoms with Crippen molar-refractivity contribution in [2.75, 3.05) is 23.5 Å². The zero-order valence-electron chi connectivity index (χ0n) is 15.1. The summed E-state index contributed by atoms with van der Waals surface area (Å²) in [5.41, 5.74) is 1.40. The van der Waals surface area contributed by atoms with Crippen molar-refractivity contribution in [3.8, 4) is 5.75 Å². The molecule has 2 aromatic carbocycles. The molecule has 0 saturated heterocycles. The van der Waals surface area contributed by atoms with Gasteiger partial charge in [0.05, 0.1) is 18.6 Å². The molecule has 5 nitrogen and oxygen atoms in total. The molecule has 26 heavy (non-hydrogen) atoms. The van der Waals surface area contributed by atoms with Crippen LogP contribution in [0.3, 0.4) is 0 Å². The van der Waals surface area contributed by atoms with Gasteiger partial charge in [-0.15, -0.1) is 11.8 Å². The third-order valence-electron chi connectivity index (χ3n) is 3.63. The molecule has 0 fully saturated rings. The van der Waals surface area contributed by atoms with Crippen molar-refractivity contribution < 1.29 is 14.3 Å². The number of thioether (sulfide) groups is 1. The molecule has 2 N–H and O–H groups in total. The second-order valence-electron chi connectivity index (χ2n) is 5.72. The fourth-order valence-corrected chi connectivity index (χ4v) is 3.06. The average molecular weight is 372 g/mol. The number of hydrogen-bond acceptors (Lipinski definition) is 4. The van der Waals surface area contributed by atoms with Crippen LogP contribution in [0.25, 0.3) is 0 Å². The molecule has 0 spiro atoms. The predicted molar refractivity (Wildman–Crippen MR) is 107 cm³/mol. The van der Waals surface area contributed by atoms with E-state index in [1.807, 2.05) is 36.4 Å². The maximum Gasteiger partial charge on any atom is 0.234 e. The number of carbonyl (C=O) groups is 2. The summed E-state index contributed by atoms with van der Waals surface area (Å²) < 4.78 is 5.23. The Labute approximate surface area is 158 Å². The minimum Gasteiger partial charge on any atom is -0.495 e. The highest BCUT2D eigenvalue weighted by Gasteiger charge is 2.08.